The standard InChI is InChI=1S/C6H11NO2.2C4H4O4.C3H7N/c1-5(2)6(8)9-4-3-7;2*5-3(6)1-2-4(7)8;1-2-3-4/h1,3-4,7H2,2H3;2*1-2H,(H,5,6)(H,7,8);2H,1,3-4H2/p-1/b;2*2-1-;. The van der Waals surface area contributed by atoms with Crippen LogP contribution in [0.5, 0.6) is 0 Å². The summed E-state index contributed by atoms with van der Waals surface area (Å²) >= 11 is 0. The van der Waals surface area contributed by atoms with Crippen molar-refractivity contribution in [3.8, 4) is 0 Å². The van der Waals surface area contributed by atoms with Crippen molar-refractivity contribution in [1.29, 1.82) is 0 Å². The lowest BCUT2D eigenvalue weighted by Crippen LogP contribution is -2.19. The monoisotopic (exact) mass is 417 g/mol. The van der Waals surface area contributed by atoms with Crippen molar-refractivity contribution in [2.45, 2.75) is 6.92 Å². The van der Waals surface area contributed by atoms with Gasteiger partial charge in [0.15, 0.2) is 0 Å². The molecule has 0 amide bonds. The molecule has 0 aliphatic rings. The third kappa shape index (κ3) is 51.6. The van der Waals surface area contributed by atoms with E-state index in [4.69, 9.17) is 26.8 Å². The third-order valence-electron chi connectivity index (χ3n) is 1.60. The topological polar surface area (TPSA) is 230 Å². The molecule has 164 valence electrons. The molecule has 0 atom stereocenters. The fraction of sp³-hybridized carbons (Fsp3) is 0.235. The van der Waals surface area contributed by atoms with Crippen LogP contribution in [0.15, 0.2) is 49.1 Å². The van der Waals surface area contributed by atoms with E-state index in [1.54, 1.807) is 13.0 Å². The SMILES string of the molecule is C=C(C)C(=O)OCCN.C=CCN.O=C(O)/C=C\C(=O)O.O=C([O-])/C=C\C(=O)O. The first kappa shape index (κ1) is 32.9. The van der Waals surface area contributed by atoms with Crippen molar-refractivity contribution in [2.75, 3.05) is 19.7 Å². The highest BCUT2D eigenvalue weighted by molar-refractivity contribution is 5.89. The van der Waals surface area contributed by atoms with Crippen LogP contribution in [0.3, 0.4) is 0 Å². The molecule has 0 aliphatic carbocycles. The maximum absolute atomic E-state index is 10.5. The second kappa shape index (κ2) is 24.2. The van der Waals surface area contributed by atoms with Gasteiger partial charge in [-0.25, -0.2) is 19.2 Å². The van der Waals surface area contributed by atoms with Crippen molar-refractivity contribution in [3.63, 3.8) is 0 Å². The minimum atomic E-state index is -1.51. The van der Waals surface area contributed by atoms with E-state index in [1.807, 2.05) is 0 Å². The first-order valence-corrected chi connectivity index (χ1v) is 7.45. The minimum absolute atomic E-state index is 0.270. The average Bonchev–Trinajstić information content (AvgIpc) is 2.63. The Bertz CT molecular complexity index is 543. The van der Waals surface area contributed by atoms with Gasteiger partial charge in [0.2, 0.25) is 0 Å². The van der Waals surface area contributed by atoms with Gasteiger partial charge in [-0.2, -0.15) is 0 Å². The predicted octanol–water partition coefficient (Wildman–Crippen LogP) is -1.72. The molecule has 0 aliphatic heterocycles. The Balaban J connectivity index is -0.000000148. The van der Waals surface area contributed by atoms with Gasteiger partial charge in [0.25, 0.3) is 0 Å². The second-order valence-electron chi connectivity index (χ2n) is 4.23. The van der Waals surface area contributed by atoms with E-state index in [-0.39, 0.29) is 12.6 Å². The summed E-state index contributed by atoms with van der Waals surface area (Å²) in [6, 6.07) is 0. The van der Waals surface area contributed by atoms with Crippen LogP contribution in [0.2, 0.25) is 0 Å². The van der Waals surface area contributed by atoms with Gasteiger partial charge in [-0.3, -0.25) is 0 Å². The number of aliphatic carboxylic acids is 4. The van der Waals surface area contributed by atoms with E-state index in [9.17, 15) is 29.1 Å². The number of esters is 1. The van der Waals surface area contributed by atoms with Gasteiger partial charge in [0.1, 0.15) is 6.61 Å². The van der Waals surface area contributed by atoms with E-state index in [0.717, 1.165) is 0 Å². The highest BCUT2D eigenvalue weighted by Crippen LogP contribution is 1.89. The summed E-state index contributed by atoms with van der Waals surface area (Å²) < 4.78 is 4.59. The molecule has 0 aromatic heterocycles. The molecule has 0 saturated heterocycles. The summed E-state index contributed by atoms with van der Waals surface area (Å²) in [5, 5.41) is 32.9. The van der Waals surface area contributed by atoms with Crippen LogP contribution in [0, 0.1) is 0 Å². The van der Waals surface area contributed by atoms with Gasteiger partial charge in [0, 0.05) is 36.9 Å². The molecule has 12 nitrogen and oxygen atoms in total. The number of carbonyl (C=O) groups is 5. The van der Waals surface area contributed by atoms with Crippen molar-refractivity contribution in [1.82, 2.24) is 0 Å². The van der Waals surface area contributed by atoms with Crippen molar-refractivity contribution in [2.24, 2.45) is 11.5 Å². The molecule has 7 N–H and O–H groups in total. The zero-order chi connectivity index (χ0) is 23.8. The van der Waals surface area contributed by atoms with Crippen molar-refractivity contribution < 1.29 is 49.1 Å². The Hall–Kier alpha value is -3.77. The van der Waals surface area contributed by atoms with Gasteiger partial charge in [-0.15, -0.1) is 6.58 Å². The lowest BCUT2D eigenvalue weighted by molar-refractivity contribution is -0.297. The van der Waals surface area contributed by atoms with Crippen LogP contribution in [-0.4, -0.2) is 64.9 Å². The molecular weight excluding hydrogens is 392 g/mol. The van der Waals surface area contributed by atoms with Crippen molar-refractivity contribution in [3.05, 3.63) is 49.1 Å². The third-order valence-corrected chi connectivity index (χ3v) is 1.60. The van der Waals surface area contributed by atoms with Crippen LogP contribution in [0.4, 0.5) is 0 Å². The second-order valence-corrected chi connectivity index (χ2v) is 4.23. The summed E-state index contributed by atoms with van der Waals surface area (Å²) in [5.74, 6) is -5.69. The number of carbonyl (C=O) groups excluding carboxylic acids is 2. The number of ether oxygens (including phenoxy) is 1. The van der Waals surface area contributed by atoms with Gasteiger partial charge in [-0.1, -0.05) is 12.7 Å². The van der Waals surface area contributed by atoms with Crippen LogP contribution < -0.4 is 16.6 Å². The zero-order valence-corrected chi connectivity index (χ0v) is 15.8. The molecule has 0 heterocycles. The predicted molar refractivity (Wildman–Crippen MR) is 100 cm³/mol. The first-order valence-electron chi connectivity index (χ1n) is 7.45. The number of hydrogen-bond donors (Lipinski definition) is 5. The maximum atomic E-state index is 10.5. The molecule has 12 heteroatoms. The fourth-order valence-corrected chi connectivity index (χ4v) is 0.557. The van der Waals surface area contributed by atoms with Gasteiger partial charge in [0.05, 0.1) is 5.97 Å². The number of carboxylic acid groups (broad SMARTS) is 4. The van der Waals surface area contributed by atoms with E-state index in [2.05, 4.69) is 17.9 Å². The normalized spacial score (nSPS) is 8.79. The average molecular weight is 417 g/mol. The largest absolute Gasteiger partial charge is 0.545 e. The lowest BCUT2D eigenvalue weighted by Gasteiger charge is -1.99. The number of rotatable bonds is 8. The van der Waals surface area contributed by atoms with Gasteiger partial charge in [-0.05, 0) is 13.0 Å². The van der Waals surface area contributed by atoms with Gasteiger partial charge < -0.3 is 41.4 Å². The molecule has 0 radical (unpaired) electrons. The molecule has 0 rings (SSSR count). The molecule has 0 aromatic carbocycles. The Morgan fingerprint density at radius 2 is 1.28 bits per heavy atom. The van der Waals surface area contributed by atoms with Crippen LogP contribution in [-0.2, 0) is 28.7 Å². The maximum Gasteiger partial charge on any atom is 0.333 e. The molecule has 0 saturated carbocycles. The Morgan fingerprint density at radius 3 is 1.45 bits per heavy atom. The first-order chi connectivity index (χ1) is 13.3. The Kier molecular flexibility index (Phi) is 27.5. The highest BCUT2D eigenvalue weighted by Gasteiger charge is 1.99. The smallest absolute Gasteiger partial charge is 0.333 e. The summed E-state index contributed by atoms with van der Waals surface area (Å²) in [6.45, 7) is 9.56. The van der Waals surface area contributed by atoms with Crippen LogP contribution in [0.25, 0.3) is 0 Å². The summed E-state index contributed by atoms with van der Waals surface area (Å²) in [7, 11) is 0. The Labute approximate surface area is 167 Å². The van der Waals surface area contributed by atoms with Gasteiger partial charge >= 0.3 is 23.9 Å². The molecule has 0 fully saturated rings. The summed E-state index contributed by atoms with van der Waals surface area (Å²) in [5.41, 5.74) is 10.4. The molecule has 0 bridgehead atoms. The van der Waals surface area contributed by atoms with E-state index in [1.165, 1.54) is 0 Å². The molecular formula is C17H25N2O10-. The summed E-state index contributed by atoms with van der Waals surface area (Å²) in [6.07, 6.45) is 3.71. The number of carboxylic acids is 4. The van der Waals surface area contributed by atoms with E-state index >= 15 is 0 Å². The highest BCUT2D eigenvalue weighted by atomic mass is 16.5. The van der Waals surface area contributed by atoms with E-state index < -0.39 is 23.9 Å². The van der Waals surface area contributed by atoms with Crippen molar-refractivity contribution >= 4 is 29.8 Å². The minimum Gasteiger partial charge on any atom is -0.545 e. The zero-order valence-electron chi connectivity index (χ0n) is 15.8. The molecule has 0 unspecified atom stereocenters. The summed E-state index contributed by atoms with van der Waals surface area (Å²) in [4.78, 5) is 48.6. The lowest BCUT2D eigenvalue weighted by atomic mass is 10.4. The fourth-order valence-electron chi connectivity index (χ4n) is 0.557. The van der Waals surface area contributed by atoms with E-state index in [0.29, 0.717) is 43.0 Å². The molecule has 0 spiro atoms. The Morgan fingerprint density at radius 1 is 0.931 bits per heavy atom. The number of nitrogens with two attached hydrogens (primary N) is 2. The quantitative estimate of drug-likeness (QED) is 0.169. The van der Waals surface area contributed by atoms with Crippen LogP contribution in [0.1, 0.15) is 6.92 Å². The number of hydrogen-bond acceptors (Lipinski definition) is 9. The van der Waals surface area contributed by atoms with Crippen LogP contribution >= 0.6 is 0 Å². The molecule has 0 aromatic rings. The molecule has 29 heavy (non-hydrogen) atoms.